The molecule has 0 bridgehead atoms. The molecular weight excluding hydrogens is 775 g/mol. The molecule has 328 valence electrons. The number of rotatable bonds is 19. The van der Waals surface area contributed by atoms with E-state index < -0.39 is 30.1 Å². The normalized spacial score (nSPS) is 26.0. The summed E-state index contributed by atoms with van der Waals surface area (Å²) in [5.41, 5.74) is 3.08. The highest BCUT2D eigenvalue weighted by molar-refractivity contribution is 6.04. The second-order valence-corrected chi connectivity index (χ2v) is 16.7. The standard InChI is InChI=1S/C49H63N3O9/c1-4-24-52(47(55)36-21-20-33-15-7-8-16-34(33)29-36)43-32-41(51-61-44-19-11-14-28-57-44)39-30-35(17-9-12-25-53)38(18-10-13-26-54)45-40-31-37(59-48(56)50-6-3)22-23-42(40)60-49(43,46(39)45)58-27-5-2/h5,7-8,15-16,20-23,29-31,35,38,43-46,53-54H,2,4,6,9-14,17-19,24-28,32H2,1,3H3,(H,50,56)/t35-,38+,43-,44?,45+,46+,49+/m0/s1. The third kappa shape index (κ3) is 9.68. The van der Waals surface area contributed by atoms with E-state index in [4.69, 9.17) is 28.9 Å². The number of allylic oxidation sites excluding steroid dienone is 1. The third-order valence-electron chi connectivity index (χ3n) is 12.7. The van der Waals surface area contributed by atoms with Crippen LogP contribution in [0.5, 0.6) is 11.5 Å². The van der Waals surface area contributed by atoms with Crippen molar-refractivity contribution in [1.29, 1.82) is 0 Å². The molecule has 7 atom stereocenters. The van der Waals surface area contributed by atoms with Crippen LogP contribution in [-0.2, 0) is 14.3 Å². The zero-order chi connectivity index (χ0) is 42.8. The quantitative estimate of drug-likeness (QED) is 0.0613. The van der Waals surface area contributed by atoms with Gasteiger partial charge < -0.3 is 44.2 Å². The van der Waals surface area contributed by atoms with Crippen molar-refractivity contribution in [3.05, 3.63) is 96.1 Å². The molecule has 3 aromatic rings. The molecule has 4 aliphatic rings. The van der Waals surface area contributed by atoms with Gasteiger partial charge in [-0.3, -0.25) is 4.79 Å². The van der Waals surface area contributed by atoms with E-state index in [9.17, 15) is 15.0 Å². The molecule has 0 radical (unpaired) electrons. The number of benzene rings is 3. The average molecular weight is 838 g/mol. The predicted octanol–water partition coefficient (Wildman–Crippen LogP) is 8.66. The lowest BCUT2D eigenvalue weighted by atomic mass is 9.55. The molecule has 2 amide bonds. The highest BCUT2D eigenvalue weighted by atomic mass is 16.8. The number of oxime groups is 1. The first-order valence-corrected chi connectivity index (χ1v) is 22.5. The van der Waals surface area contributed by atoms with E-state index in [1.54, 1.807) is 12.1 Å². The minimum Gasteiger partial charge on any atom is -0.459 e. The first-order chi connectivity index (χ1) is 29.8. The van der Waals surface area contributed by atoms with Gasteiger partial charge in [0.1, 0.15) is 17.5 Å². The molecule has 12 nitrogen and oxygen atoms in total. The maximum absolute atomic E-state index is 15.2. The van der Waals surface area contributed by atoms with Gasteiger partial charge in [-0.05, 0) is 110 Å². The topological polar surface area (TPSA) is 148 Å². The Kier molecular flexibility index (Phi) is 15.2. The second kappa shape index (κ2) is 20.9. The average Bonchev–Trinajstić information content (AvgIpc) is 3.28. The monoisotopic (exact) mass is 837 g/mol. The number of nitrogens with one attached hydrogen (secondary N) is 1. The van der Waals surface area contributed by atoms with E-state index >= 15 is 4.79 Å². The summed E-state index contributed by atoms with van der Waals surface area (Å²) in [7, 11) is 0. The zero-order valence-corrected chi connectivity index (χ0v) is 35.8. The molecule has 0 spiro atoms. The largest absolute Gasteiger partial charge is 0.459 e. The Morgan fingerprint density at radius 2 is 1.80 bits per heavy atom. The molecular formula is C49H63N3O9. The molecule has 2 fully saturated rings. The van der Waals surface area contributed by atoms with Gasteiger partial charge in [-0.25, -0.2) is 4.79 Å². The van der Waals surface area contributed by atoms with E-state index in [0.29, 0.717) is 61.7 Å². The molecule has 2 aliphatic carbocycles. The van der Waals surface area contributed by atoms with E-state index in [1.165, 1.54) is 0 Å². The lowest BCUT2D eigenvalue weighted by molar-refractivity contribution is -0.254. The zero-order valence-electron chi connectivity index (χ0n) is 35.8. The highest BCUT2D eigenvalue weighted by Crippen LogP contribution is 2.62. The summed E-state index contributed by atoms with van der Waals surface area (Å²) in [4.78, 5) is 36.2. The summed E-state index contributed by atoms with van der Waals surface area (Å²) in [6, 6.07) is 18.7. The highest BCUT2D eigenvalue weighted by Gasteiger charge is 2.65. The van der Waals surface area contributed by atoms with Crippen LogP contribution in [0.1, 0.15) is 106 Å². The fourth-order valence-electron chi connectivity index (χ4n) is 10.0. The molecule has 7 rings (SSSR count). The summed E-state index contributed by atoms with van der Waals surface area (Å²) in [5, 5.41) is 29.6. The van der Waals surface area contributed by atoms with Crippen LogP contribution in [-0.4, -0.2) is 90.5 Å². The third-order valence-corrected chi connectivity index (χ3v) is 12.7. The number of carbonyl (C=O) groups excluding carboxylic acids is 2. The summed E-state index contributed by atoms with van der Waals surface area (Å²) in [6.45, 7) is 9.72. The summed E-state index contributed by atoms with van der Waals surface area (Å²) < 4.78 is 26.3. The summed E-state index contributed by atoms with van der Waals surface area (Å²) >= 11 is 0. The van der Waals surface area contributed by atoms with Crippen LogP contribution in [0.3, 0.4) is 0 Å². The van der Waals surface area contributed by atoms with Gasteiger partial charge in [0.25, 0.3) is 5.91 Å². The first-order valence-electron chi connectivity index (χ1n) is 22.5. The molecule has 1 saturated carbocycles. The Morgan fingerprint density at radius 3 is 2.54 bits per heavy atom. The van der Waals surface area contributed by atoms with Crippen LogP contribution in [0.25, 0.3) is 10.8 Å². The number of aliphatic hydroxyl groups is 2. The number of fused-ring (bicyclic) bond motifs is 3. The number of ether oxygens (including phenoxy) is 4. The Hall–Kier alpha value is -4.75. The van der Waals surface area contributed by atoms with Crippen LogP contribution >= 0.6 is 0 Å². The molecule has 1 unspecified atom stereocenters. The van der Waals surface area contributed by atoms with Gasteiger partial charge in [-0.1, -0.05) is 67.4 Å². The van der Waals surface area contributed by atoms with Gasteiger partial charge in [-0.2, -0.15) is 0 Å². The fourth-order valence-corrected chi connectivity index (χ4v) is 10.0. The number of hydrogen-bond donors (Lipinski definition) is 3. The van der Waals surface area contributed by atoms with Gasteiger partial charge in [0.2, 0.25) is 12.1 Å². The van der Waals surface area contributed by atoms with Crippen molar-refractivity contribution >= 4 is 28.5 Å². The van der Waals surface area contributed by atoms with E-state index in [-0.39, 0.29) is 49.9 Å². The minimum absolute atomic E-state index is 0.0199. The molecule has 0 aromatic heterocycles. The van der Waals surface area contributed by atoms with Gasteiger partial charge >= 0.3 is 6.09 Å². The Balaban J connectivity index is 1.45. The second-order valence-electron chi connectivity index (χ2n) is 16.7. The van der Waals surface area contributed by atoms with Gasteiger partial charge in [-0.15, -0.1) is 6.58 Å². The van der Waals surface area contributed by atoms with E-state index in [1.807, 2.05) is 66.4 Å². The molecule has 2 heterocycles. The SMILES string of the molecule is C=CCO[C@@]12Oc3ccc(OC(=O)NCC)cc3[C@H]3[C@H](CCCCO)[C@@H](CCCCO)C=C(C(=NOC4CCCCO4)C[C@@H]1N(CCC)C(=O)c1ccc4ccccc4c1)[C@H]32. The smallest absolute Gasteiger partial charge is 0.412 e. The van der Waals surface area contributed by atoms with Crippen molar-refractivity contribution in [2.75, 3.05) is 39.5 Å². The van der Waals surface area contributed by atoms with Crippen LogP contribution < -0.4 is 14.8 Å². The van der Waals surface area contributed by atoms with Crippen LogP contribution in [0.2, 0.25) is 0 Å². The van der Waals surface area contributed by atoms with Gasteiger partial charge in [0, 0.05) is 56.2 Å². The number of carbonyl (C=O) groups is 2. The number of aliphatic hydroxyl groups excluding tert-OH is 2. The Labute approximate surface area is 359 Å². The lowest BCUT2D eigenvalue weighted by Crippen LogP contribution is -2.70. The molecule has 12 heteroatoms. The van der Waals surface area contributed by atoms with E-state index in [2.05, 4.69) is 24.9 Å². The van der Waals surface area contributed by atoms with Crippen molar-refractivity contribution in [3.63, 3.8) is 0 Å². The van der Waals surface area contributed by atoms with Crippen molar-refractivity contribution in [2.45, 2.75) is 109 Å². The molecule has 3 aromatic carbocycles. The summed E-state index contributed by atoms with van der Waals surface area (Å²) in [5.74, 6) is -1.27. The van der Waals surface area contributed by atoms with Crippen molar-refractivity contribution in [1.82, 2.24) is 10.2 Å². The lowest BCUT2D eigenvalue weighted by Gasteiger charge is -2.60. The number of nitrogens with zero attached hydrogens (tertiary/aromatic N) is 2. The number of unbranched alkanes of at least 4 members (excludes halogenated alkanes) is 2. The molecule has 1 saturated heterocycles. The van der Waals surface area contributed by atoms with Gasteiger partial charge in [0.15, 0.2) is 0 Å². The van der Waals surface area contributed by atoms with Crippen LogP contribution in [0, 0.1) is 17.8 Å². The molecule has 3 N–H and O–H groups in total. The van der Waals surface area contributed by atoms with Crippen molar-refractivity contribution < 1.29 is 43.6 Å². The number of amides is 2. The Morgan fingerprint density at radius 1 is 1.00 bits per heavy atom. The van der Waals surface area contributed by atoms with Crippen LogP contribution in [0.4, 0.5) is 4.79 Å². The molecule has 61 heavy (non-hydrogen) atoms. The van der Waals surface area contributed by atoms with Gasteiger partial charge in [0.05, 0.1) is 24.8 Å². The predicted molar refractivity (Wildman–Crippen MR) is 235 cm³/mol. The number of hydrogen-bond acceptors (Lipinski definition) is 10. The van der Waals surface area contributed by atoms with Crippen LogP contribution in [0.15, 0.2) is 90.1 Å². The summed E-state index contributed by atoms with van der Waals surface area (Å²) in [6.07, 6.45) is 11.1. The van der Waals surface area contributed by atoms with Crippen molar-refractivity contribution in [2.24, 2.45) is 22.9 Å². The maximum atomic E-state index is 15.2. The van der Waals surface area contributed by atoms with E-state index in [0.717, 1.165) is 66.9 Å². The first kappa shape index (κ1) is 44.3. The maximum Gasteiger partial charge on any atom is 0.412 e. The minimum atomic E-state index is -1.41. The molecule has 2 aliphatic heterocycles. The fraction of sp³-hybridized carbons (Fsp3) is 0.531. The Bertz CT molecular complexity index is 2050. The van der Waals surface area contributed by atoms with Crippen molar-refractivity contribution in [3.8, 4) is 11.5 Å².